The van der Waals surface area contributed by atoms with Gasteiger partial charge in [-0.05, 0) is 148 Å². The molecule has 0 saturated heterocycles. The summed E-state index contributed by atoms with van der Waals surface area (Å²) in [6, 6.07) is 0. The summed E-state index contributed by atoms with van der Waals surface area (Å²) in [5.41, 5.74) is 0. The summed E-state index contributed by atoms with van der Waals surface area (Å²) < 4.78 is 16.8. The van der Waals surface area contributed by atoms with Crippen molar-refractivity contribution in [2.45, 2.75) is 232 Å². The van der Waals surface area contributed by atoms with E-state index in [1.807, 2.05) is 12.2 Å². The molecule has 418 valence electrons. The van der Waals surface area contributed by atoms with Crippen molar-refractivity contribution in [3.63, 3.8) is 0 Å². The van der Waals surface area contributed by atoms with Crippen LogP contribution in [0, 0.1) is 0 Å². The van der Waals surface area contributed by atoms with E-state index < -0.39 is 6.10 Å². The highest BCUT2D eigenvalue weighted by molar-refractivity contribution is 5.71. The number of unbranched alkanes of at least 4 members (excludes halogenated alkanes) is 12. The maximum Gasteiger partial charge on any atom is 0.306 e. The van der Waals surface area contributed by atoms with Gasteiger partial charge in [0.25, 0.3) is 0 Å². The molecule has 0 unspecified atom stereocenters. The molecule has 0 fully saturated rings. The van der Waals surface area contributed by atoms with Crippen molar-refractivity contribution >= 4 is 17.9 Å². The Labute approximate surface area is 460 Å². The summed E-state index contributed by atoms with van der Waals surface area (Å²) in [6.45, 7) is 6.33. The number of allylic oxidation sites excluding steroid dienone is 28. The minimum atomic E-state index is -0.850. The van der Waals surface area contributed by atoms with Gasteiger partial charge in [-0.15, -0.1) is 0 Å². The van der Waals surface area contributed by atoms with Gasteiger partial charge in [-0.25, -0.2) is 0 Å². The third kappa shape index (κ3) is 59.5. The van der Waals surface area contributed by atoms with Gasteiger partial charge in [0.05, 0.1) is 0 Å². The van der Waals surface area contributed by atoms with Gasteiger partial charge in [-0.2, -0.15) is 0 Å². The van der Waals surface area contributed by atoms with E-state index in [4.69, 9.17) is 14.2 Å². The zero-order valence-electron chi connectivity index (χ0n) is 47.7. The highest BCUT2D eigenvalue weighted by atomic mass is 16.6. The number of hydrogen-bond donors (Lipinski definition) is 0. The van der Waals surface area contributed by atoms with Crippen molar-refractivity contribution in [2.75, 3.05) is 13.2 Å². The standard InChI is InChI=1S/C69H106O6/c1-4-7-10-13-16-19-22-25-28-31-34-37-40-43-46-49-52-55-58-61-67(70)73-64-66(75-69(72)63-60-57-54-51-48-45-42-39-36-33-30-27-24-21-18-15-12-9-6-3)65-74-68(71)62-59-56-53-50-47-44-41-38-35-32-29-26-23-20-17-14-11-8-5-2/h7,10,16-21,25-30,34-39,43-48,53,56,66H,4-6,8-9,11-15,22-24,31-33,40-42,49-52,54-55,57-65H2,1-3H3/b10-7-,19-16-,20-17-,21-18-,28-25-,29-26-,30-27-,37-34-,38-35-,39-36-,46-43-,47-44-,48-45-,56-53-/t66-/m1/s1. The van der Waals surface area contributed by atoms with Gasteiger partial charge in [0, 0.05) is 19.3 Å². The predicted molar refractivity (Wildman–Crippen MR) is 325 cm³/mol. The third-order valence-corrected chi connectivity index (χ3v) is 11.7. The fraction of sp³-hybridized carbons (Fsp3) is 0.551. The summed E-state index contributed by atoms with van der Waals surface area (Å²) in [5.74, 6) is -1.10. The molecule has 0 N–H and O–H groups in total. The Morgan fingerprint density at radius 3 is 0.867 bits per heavy atom. The molecule has 0 saturated carbocycles. The zero-order valence-corrected chi connectivity index (χ0v) is 47.7. The number of carbonyl (C=O) groups is 3. The van der Waals surface area contributed by atoms with E-state index in [1.54, 1.807) is 0 Å². The number of hydrogen-bond acceptors (Lipinski definition) is 6. The molecule has 0 aromatic carbocycles. The summed E-state index contributed by atoms with van der Waals surface area (Å²) in [5, 5.41) is 0. The Morgan fingerprint density at radius 1 is 0.280 bits per heavy atom. The second kappa shape index (κ2) is 61.3. The average Bonchev–Trinajstić information content (AvgIpc) is 3.41. The van der Waals surface area contributed by atoms with E-state index in [2.05, 4.69) is 179 Å². The van der Waals surface area contributed by atoms with E-state index >= 15 is 0 Å². The number of esters is 3. The van der Waals surface area contributed by atoms with E-state index in [9.17, 15) is 14.4 Å². The lowest BCUT2D eigenvalue weighted by Gasteiger charge is -2.18. The van der Waals surface area contributed by atoms with Crippen molar-refractivity contribution in [1.82, 2.24) is 0 Å². The quantitative estimate of drug-likeness (QED) is 0.0261. The minimum Gasteiger partial charge on any atom is -0.462 e. The van der Waals surface area contributed by atoms with Gasteiger partial charge in [0.1, 0.15) is 13.2 Å². The van der Waals surface area contributed by atoms with Gasteiger partial charge < -0.3 is 14.2 Å². The van der Waals surface area contributed by atoms with Crippen LogP contribution in [0.2, 0.25) is 0 Å². The molecule has 6 nitrogen and oxygen atoms in total. The highest BCUT2D eigenvalue weighted by Gasteiger charge is 2.19. The average molecular weight is 1030 g/mol. The lowest BCUT2D eigenvalue weighted by atomic mass is 10.1. The first-order valence-electron chi connectivity index (χ1n) is 29.6. The van der Waals surface area contributed by atoms with E-state index in [0.717, 1.165) is 122 Å². The Balaban J connectivity index is 4.66. The van der Waals surface area contributed by atoms with Gasteiger partial charge in [0.2, 0.25) is 0 Å². The molecule has 0 bridgehead atoms. The summed E-state index contributed by atoms with van der Waals surface area (Å²) >= 11 is 0. The summed E-state index contributed by atoms with van der Waals surface area (Å²) in [7, 11) is 0. The van der Waals surface area contributed by atoms with Crippen molar-refractivity contribution in [3.8, 4) is 0 Å². The molecule has 0 aliphatic rings. The van der Waals surface area contributed by atoms with Crippen LogP contribution in [0.25, 0.3) is 0 Å². The summed E-state index contributed by atoms with van der Waals surface area (Å²) in [6.07, 6.45) is 90.6. The molecule has 0 aliphatic heterocycles. The van der Waals surface area contributed by atoms with Crippen LogP contribution in [0.15, 0.2) is 170 Å². The van der Waals surface area contributed by atoms with Gasteiger partial charge in [0.15, 0.2) is 6.10 Å². The predicted octanol–water partition coefficient (Wildman–Crippen LogP) is 20.3. The number of ether oxygens (including phenoxy) is 3. The molecule has 0 rings (SSSR count). The lowest BCUT2D eigenvalue weighted by molar-refractivity contribution is -0.166. The maximum absolute atomic E-state index is 12.9. The van der Waals surface area contributed by atoms with Crippen molar-refractivity contribution in [2.24, 2.45) is 0 Å². The fourth-order valence-corrected chi connectivity index (χ4v) is 7.26. The van der Waals surface area contributed by atoms with E-state index in [0.29, 0.717) is 19.3 Å². The smallest absolute Gasteiger partial charge is 0.306 e. The fourth-order valence-electron chi connectivity index (χ4n) is 7.26. The molecule has 0 heterocycles. The molecule has 0 aromatic rings. The Morgan fingerprint density at radius 2 is 0.547 bits per heavy atom. The maximum atomic E-state index is 12.9. The first kappa shape index (κ1) is 69.8. The molecule has 0 aliphatic carbocycles. The van der Waals surface area contributed by atoms with Crippen molar-refractivity contribution < 1.29 is 28.6 Å². The van der Waals surface area contributed by atoms with Crippen molar-refractivity contribution in [3.05, 3.63) is 170 Å². The van der Waals surface area contributed by atoms with Crippen LogP contribution >= 0.6 is 0 Å². The molecule has 0 amide bonds. The van der Waals surface area contributed by atoms with Gasteiger partial charge >= 0.3 is 17.9 Å². The topological polar surface area (TPSA) is 78.9 Å². The first-order valence-corrected chi connectivity index (χ1v) is 29.6. The SMILES string of the molecule is CC/C=C\C/C=C\C/C=C\C/C=C\C/C=C\CCCCCC(=O)OC[C@H](COC(=O)CC/C=C\C/C=C\C/C=C\C/C=C\C/C=C\CCCCC)OC(=O)CCCCC/C=C\C/C=C\C/C=C\C/C=C\CCCCC. The number of carbonyl (C=O) groups excluding carboxylic acids is 3. The normalized spacial score (nSPS) is 13.4. The number of rotatable bonds is 51. The summed E-state index contributed by atoms with van der Waals surface area (Å²) in [4.78, 5) is 38.2. The second-order valence-corrected chi connectivity index (χ2v) is 18.8. The molecule has 0 radical (unpaired) electrons. The second-order valence-electron chi connectivity index (χ2n) is 18.8. The minimum absolute atomic E-state index is 0.140. The van der Waals surface area contributed by atoms with E-state index in [1.165, 1.54) is 51.4 Å². The Hall–Kier alpha value is -5.23. The molecule has 6 heteroatoms. The van der Waals surface area contributed by atoms with Crippen molar-refractivity contribution in [1.29, 1.82) is 0 Å². The Bertz CT molecular complexity index is 1750. The van der Waals surface area contributed by atoms with Crippen LogP contribution < -0.4 is 0 Å². The lowest BCUT2D eigenvalue weighted by Crippen LogP contribution is -2.30. The molecule has 75 heavy (non-hydrogen) atoms. The first-order chi connectivity index (χ1) is 37.0. The van der Waals surface area contributed by atoms with Crippen LogP contribution in [0.5, 0.6) is 0 Å². The van der Waals surface area contributed by atoms with Crippen LogP contribution in [-0.4, -0.2) is 37.2 Å². The van der Waals surface area contributed by atoms with Gasteiger partial charge in [-0.3, -0.25) is 14.4 Å². The largest absolute Gasteiger partial charge is 0.462 e. The van der Waals surface area contributed by atoms with Gasteiger partial charge in [-0.1, -0.05) is 229 Å². The molecular weight excluding hydrogens is 925 g/mol. The van der Waals surface area contributed by atoms with Crippen LogP contribution in [0.3, 0.4) is 0 Å². The molecule has 1 atom stereocenters. The third-order valence-electron chi connectivity index (χ3n) is 11.7. The van der Waals surface area contributed by atoms with Crippen LogP contribution in [0.4, 0.5) is 0 Å². The van der Waals surface area contributed by atoms with E-state index in [-0.39, 0.29) is 44.0 Å². The Kier molecular flexibility index (Phi) is 57.0. The molecular formula is C69H106O6. The monoisotopic (exact) mass is 1030 g/mol. The molecule has 0 aromatic heterocycles. The molecule has 0 spiro atoms. The highest BCUT2D eigenvalue weighted by Crippen LogP contribution is 2.11. The van der Waals surface area contributed by atoms with Crippen LogP contribution in [0.1, 0.15) is 226 Å². The van der Waals surface area contributed by atoms with Crippen LogP contribution in [-0.2, 0) is 28.6 Å². The zero-order chi connectivity index (χ0) is 54.3.